The van der Waals surface area contributed by atoms with Gasteiger partial charge in [0.15, 0.2) is 0 Å². The second-order valence-electron chi connectivity index (χ2n) is 4.55. The molecule has 0 radical (unpaired) electrons. The van der Waals surface area contributed by atoms with E-state index in [1.165, 1.54) is 16.3 Å². The van der Waals surface area contributed by atoms with Gasteiger partial charge < -0.3 is 5.32 Å². The lowest BCUT2D eigenvalue weighted by atomic mass is 10.1. The largest absolute Gasteiger partial charge is 0.381 e. The molecule has 19 heavy (non-hydrogen) atoms. The van der Waals surface area contributed by atoms with Crippen molar-refractivity contribution in [3.05, 3.63) is 76.8 Å². The standard InChI is InChI=1S/C17H14BrN/c18-16-9-8-14-10-13(6-7-15(14)11-16)12-19-17-4-2-1-3-5-17/h1-11,19H,12H2. The minimum atomic E-state index is 0.843. The predicted molar refractivity (Wildman–Crippen MR) is 85.4 cm³/mol. The molecular formula is C17H14BrN. The van der Waals surface area contributed by atoms with Crippen molar-refractivity contribution in [2.24, 2.45) is 0 Å². The van der Waals surface area contributed by atoms with Gasteiger partial charge in [0.05, 0.1) is 0 Å². The number of rotatable bonds is 3. The molecule has 0 heterocycles. The molecule has 0 aliphatic carbocycles. The molecule has 2 heteroatoms. The summed E-state index contributed by atoms with van der Waals surface area (Å²) < 4.78 is 1.12. The molecule has 3 aromatic carbocycles. The van der Waals surface area contributed by atoms with Gasteiger partial charge in [0, 0.05) is 16.7 Å². The summed E-state index contributed by atoms with van der Waals surface area (Å²) in [5, 5.41) is 5.96. The van der Waals surface area contributed by atoms with Crippen LogP contribution in [0.15, 0.2) is 71.2 Å². The van der Waals surface area contributed by atoms with Crippen LogP contribution in [0.4, 0.5) is 5.69 Å². The number of para-hydroxylation sites is 1. The van der Waals surface area contributed by atoms with E-state index in [1.807, 2.05) is 18.2 Å². The smallest absolute Gasteiger partial charge is 0.0401 e. The van der Waals surface area contributed by atoms with Gasteiger partial charge in [-0.25, -0.2) is 0 Å². The van der Waals surface area contributed by atoms with E-state index >= 15 is 0 Å². The van der Waals surface area contributed by atoms with E-state index in [0.717, 1.165) is 16.7 Å². The van der Waals surface area contributed by atoms with Crippen LogP contribution >= 0.6 is 15.9 Å². The van der Waals surface area contributed by atoms with Gasteiger partial charge >= 0.3 is 0 Å². The van der Waals surface area contributed by atoms with E-state index in [-0.39, 0.29) is 0 Å². The molecule has 0 saturated heterocycles. The quantitative estimate of drug-likeness (QED) is 0.699. The van der Waals surface area contributed by atoms with Gasteiger partial charge in [-0.05, 0) is 46.7 Å². The molecular weight excluding hydrogens is 298 g/mol. The number of benzene rings is 3. The fourth-order valence-electron chi connectivity index (χ4n) is 2.14. The maximum absolute atomic E-state index is 3.50. The highest BCUT2D eigenvalue weighted by atomic mass is 79.9. The second kappa shape index (κ2) is 5.45. The first-order valence-corrected chi connectivity index (χ1v) is 7.08. The van der Waals surface area contributed by atoms with Gasteiger partial charge in [-0.2, -0.15) is 0 Å². The zero-order valence-corrected chi connectivity index (χ0v) is 12.0. The number of hydrogen-bond acceptors (Lipinski definition) is 1. The molecule has 1 nitrogen and oxygen atoms in total. The zero-order valence-electron chi connectivity index (χ0n) is 10.4. The van der Waals surface area contributed by atoms with Crippen molar-refractivity contribution >= 4 is 32.4 Å². The second-order valence-corrected chi connectivity index (χ2v) is 5.46. The lowest BCUT2D eigenvalue weighted by Crippen LogP contribution is -1.98. The van der Waals surface area contributed by atoms with Gasteiger partial charge in [-0.1, -0.05) is 52.3 Å². The predicted octanol–water partition coefficient (Wildman–Crippen LogP) is 5.21. The monoisotopic (exact) mass is 311 g/mol. The maximum atomic E-state index is 3.50. The summed E-state index contributed by atoms with van der Waals surface area (Å²) in [6, 6.07) is 23.2. The number of fused-ring (bicyclic) bond motifs is 1. The Morgan fingerprint density at radius 1 is 0.789 bits per heavy atom. The maximum Gasteiger partial charge on any atom is 0.0401 e. The SMILES string of the molecule is Brc1ccc2cc(CNc3ccccc3)ccc2c1. The summed E-state index contributed by atoms with van der Waals surface area (Å²) in [6.45, 7) is 0.843. The van der Waals surface area contributed by atoms with Crippen LogP contribution in [0.1, 0.15) is 5.56 Å². The summed E-state index contributed by atoms with van der Waals surface area (Å²) in [6.07, 6.45) is 0. The van der Waals surface area contributed by atoms with Crippen LogP contribution < -0.4 is 5.32 Å². The Hall–Kier alpha value is -1.80. The van der Waals surface area contributed by atoms with Crippen LogP contribution in [0.3, 0.4) is 0 Å². The summed E-state index contributed by atoms with van der Waals surface area (Å²) in [7, 11) is 0. The molecule has 0 aromatic heterocycles. The molecule has 0 bridgehead atoms. The zero-order chi connectivity index (χ0) is 13.1. The Kier molecular flexibility index (Phi) is 3.51. The third-order valence-corrected chi connectivity index (χ3v) is 3.63. The molecule has 0 unspecified atom stereocenters. The van der Waals surface area contributed by atoms with Gasteiger partial charge in [0.25, 0.3) is 0 Å². The van der Waals surface area contributed by atoms with Gasteiger partial charge in [0.2, 0.25) is 0 Å². The van der Waals surface area contributed by atoms with E-state index in [4.69, 9.17) is 0 Å². The van der Waals surface area contributed by atoms with Crippen LogP contribution in [0.2, 0.25) is 0 Å². The lowest BCUT2D eigenvalue weighted by Gasteiger charge is -2.07. The first-order valence-electron chi connectivity index (χ1n) is 6.28. The molecule has 0 fully saturated rings. The summed E-state index contributed by atoms with van der Waals surface area (Å²) in [5.41, 5.74) is 2.44. The van der Waals surface area contributed by atoms with Crippen LogP contribution in [0.5, 0.6) is 0 Å². The third kappa shape index (κ3) is 2.96. The normalized spacial score (nSPS) is 10.6. The van der Waals surface area contributed by atoms with Gasteiger partial charge in [-0.15, -0.1) is 0 Å². The summed E-state index contributed by atoms with van der Waals surface area (Å²) in [4.78, 5) is 0. The van der Waals surface area contributed by atoms with Gasteiger partial charge in [-0.3, -0.25) is 0 Å². The minimum Gasteiger partial charge on any atom is -0.381 e. The Balaban J connectivity index is 1.80. The van der Waals surface area contributed by atoms with Crippen LogP contribution in [-0.2, 0) is 6.54 Å². The van der Waals surface area contributed by atoms with Crippen molar-refractivity contribution in [3.8, 4) is 0 Å². The van der Waals surface area contributed by atoms with Crippen LogP contribution in [0.25, 0.3) is 10.8 Å². The number of halogens is 1. The highest BCUT2D eigenvalue weighted by Crippen LogP contribution is 2.21. The Morgan fingerprint density at radius 2 is 1.53 bits per heavy atom. The molecule has 0 atom stereocenters. The number of nitrogens with one attached hydrogen (secondary N) is 1. The first kappa shape index (κ1) is 12.2. The van der Waals surface area contributed by atoms with E-state index in [9.17, 15) is 0 Å². The van der Waals surface area contributed by atoms with Crippen molar-refractivity contribution < 1.29 is 0 Å². The molecule has 0 aliphatic rings. The highest BCUT2D eigenvalue weighted by Gasteiger charge is 1.98. The Labute approximate surface area is 121 Å². The van der Waals surface area contributed by atoms with Crippen molar-refractivity contribution in [2.75, 3.05) is 5.32 Å². The molecule has 0 amide bonds. The number of anilines is 1. The Bertz CT molecular complexity index is 692. The van der Waals surface area contributed by atoms with E-state index in [2.05, 4.69) is 69.8 Å². The first-order chi connectivity index (χ1) is 9.31. The fraction of sp³-hybridized carbons (Fsp3) is 0.0588. The minimum absolute atomic E-state index is 0.843. The molecule has 94 valence electrons. The van der Waals surface area contributed by atoms with Crippen LogP contribution in [0, 0.1) is 0 Å². The Morgan fingerprint density at radius 3 is 2.37 bits per heavy atom. The molecule has 0 spiro atoms. The van der Waals surface area contributed by atoms with Crippen LogP contribution in [-0.4, -0.2) is 0 Å². The average Bonchev–Trinajstić information content (AvgIpc) is 2.46. The lowest BCUT2D eigenvalue weighted by molar-refractivity contribution is 1.16. The van der Waals surface area contributed by atoms with E-state index < -0.39 is 0 Å². The molecule has 0 aliphatic heterocycles. The average molecular weight is 312 g/mol. The summed E-state index contributed by atoms with van der Waals surface area (Å²) >= 11 is 3.50. The molecule has 3 aromatic rings. The fourth-order valence-corrected chi connectivity index (χ4v) is 2.51. The van der Waals surface area contributed by atoms with Crippen molar-refractivity contribution in [1.29, 1.82) is 0 Å². The van der Waals surface area contributed by atoms with Gasteiger partial charge in [0.1, 0.15) is 0 Å². The van der Waals surface area contributed by atoms with Crippen molar-refractivity contribution in [1.82, 2.24) is 0 Å². The third-order valence-electron chi connectivity index (χ3n) is 3.14. The van der Waals surface area contributed by atoms with E-state index in [0.29, 0.717) is 0 Å². The number of hydrogen-bond donors (Lipinski definition) is 1. The molecule has 3 rings (SSSR count). The molecule has 1 N–H and O–H groups in total. The highest BCUT2D eigenvalue weighted by molar-refractivity contribution is 9.10. The van der Waals surface area contributed by atoms with Crippen molar-refractivity contribution in [2.45, 2.75) is 6.54 Å². The van der Waals surface area contributed by atoms with Crippen molar-refractivity contribution in [3.63, 3.8) is 0 Å². The van der Waals surface area contributed by atoms with E-state index in [1.54, 1.807) is 0 Å². The summed E-state index contributed by atoms with van der Waals surface area (Å²) in [5.74, 6) is 0. The topological polar surface area (TPSA) is 12.0 Å². The molecule has 0 saturated carbocycles.